The summed E-state index contributed by atoms with van der Waals surface area (Å²) >= 11 is 1.20. The van der Waals surface area contributed by atoms with Crippen molar-refractivity contribution in [3.8, 4) is 0 Å². The number of carbonyl (C=O) groups excluding carboxylic acids is 1. The maximum Gasteiger partial charge on any atom is 0.237 e. The van der Waals surface area contributed by atoms with Gasteiger partial charge < -0.3 is 16.9 Å². The molecule has 1 heterocycles. The molecule has 1 amide bonds. The normalized spacial score (nSPS) is 20.4. The number of para-hydroxylation sites is 1. The van der Waals surface area contributed by atoms with Gasteiger partial charge in [0.2, 0.25) is 5.91 Å². The molecule has 1 unspecified atom stereocenters. The molecule has 0 radical (unpaired) electrons. The van der Waals surface area contributed by atoms with Crippen molar-refractivity contribution in [2.75, 3.05) is 5.32 Å². The van der Waals surface area contributed by atoms with Gasteiger partial charge >= 0.3 is 0 Å². The summed E-state index contributed by atoms with van der Waals surface area (Å²) in [5, 5.41) is 6.26. The smallest absolute Gasteiger partial charge is 0.237 e. The van der Waals surface area contributed by atoms with Gasteiger partial charge in [0, 0.05) is 5.69 Å². The summed E-state index contributed by atoms with van der Waals surface area (Å²) in [5.41, 5.74) is 7.55. The van der Waals surface area contributed by atoms with E-state index in [-0.39, 0.29) is 16.3 Å². The Morgan fingerprint density at radius 1 is 1.47 bits per heavy atom. The Balaban J connectivity index is 2.15. The molecule has 0 saturated carbocycles. The maximum absolute atomic E-state index is 11.9. The lowest BCUT2D eigenvalue weighted by molar-refractivity contribution is -0.115. The Kier molecular flexibility index (Phi) is 3.53. The molecular weight excluding hydrogens is 236 g/mol. The van der Waals surface area contributed by atoms with E-state index in [0.717, 1.165) is 24.1 Å². The van der Waals surface area contributed by atoms with Gasteiger partial charge in [0.05, 0.1) is 5.25 Å². The fraction of sp³-hybridized carbons (Fsp3) is 0.273. The Hall–Kier alpha value is -1.69. The summed E-state index contributed by atoms with van der Waals surface area (Å²) in [5.74, 6) is 5.02. The van der Waals surface area contributed by atoms with Gasteiger partial charge in [-0.3, -0.25) is 4.79 Å². The molecule has 6 heteroatoms. The van der Waals surface area contributed by atoms with Crippen molar-refractivity contribution < 1.29 is 4.79 Å². The van der Waals surface area contributed by atoms with Gasteiger partial charge in [0.15, 0.2) is 5.17 Å². The van der Waals surface area contributed by atoms with E-state index < -0.39 is 0 Å². The number of fused-ring (bicyclic) bond motifs is 1. The summed E-state index contributed by atoms with van der Waals surface area (Å²) in [6.45, 7) is 0. The second kappa shape index (κ2) is 5.09. The number of rotatable bonds is 1. The molecule has 0 aromatic heterocycles. The minimum absolute atomic E-state index is 0.0495. The SMILES string of the molecule is N/N=C(/N)SC1CCc2ccccc2NC1=O. The third kappa shape index (κ3) is 2.71. The molecule has 1 aromatic carbocycles. The van der Waals surface area contributed by atoms with Crippen LogP contribution in [-0.4, -0.2) is 16.3 Å². The Labute approximate surface area is 104 Å². The van der Waals surface area contributed by atoms with Gasteiger partial charge in [-0.2, -0.15) is 5.10 Å². The molecule has 90 valence electrons. The van der Waals surface area contributed by atoms with E-state index in [1.54, 1.807) is 0 Å². The van der Waals surface area contributed by atoms with E-state index in [4.69, 9.17) is 11.6 Å². The number of thioether (sulfide) groups is 1. The van der Waals surface area contributed by atoms with Crippen LogP contribution in [0.15, 0.2) is 29.4 Å². The number of carbonyl (C=O) groups is 1. The zero-order valence-electron chi connectivity index (χ0n) is 9.22. The molecule has 0 spiro atoms. The molecule has 2 rings (SSSR count). The van der Waals surface area contributed by atoms with Crippen LogP contribution in [0.2, 0.25) is 0 Å². The minimum atomic E-state index is -0.241. The summed E-state index contributed by atoms with van der Waals surface area (Å²) < 4.78 is 0. The highest BCUT2D eigenvalue weighted by Crippen LogP contribution is 2.26. The molecule has 0 bridgehead atoms. The molecule has 0 aliphatic carbocycles. The molecule has 1 aliphatic heterocycles. The fourth-order valence-corrected chi connectivity index (χ4v) is 2.53. The number of anilines is 1. The highest BCUT2D eigenvalue weighted by molar-refractivity contribution is 8.14. The Morgan fingerprint density at radius 3 is 3.00 bits per heavy atom. The lowest BCUT2D eigenvalue weighted by atomic mass is 10.1. The van der Waals surface area contributed by atoms with Gasteiger partial charge in [-0.15, -0.1) is 0 Å². The van der Waals surface area contributed by atoms with Crippen molar-refractivity contribution >= 4 is 28.5 Å². The van der Waals surface area contributed by atoms with Crippen molar-refractivity contribution in [3.63, 3.8) is 0 Å². The standard InChI is InChI=1S/C11H14N4OS/c12-11(15-13)17-9-6-5-7-3-1-2-4-8(7)14-10(9)16/h1-4,9H,5-6,13H2,(H2,12,15)(H,14,16). The molecule has 5 nitrogen and oxygen atoms in total. The number of aryl methyl sites for hydroxylation is 1. The first kappa shape index (κ1) is 11.8. The van der Waals surface area contributed by atoms with E-state index in [9.17, 15) is 4.79 Å². The van der Waals surface area contributed by atoms with E-state index in [0.29, 0.717) is 0 Å². The first-order chi connectivity index (χ1) is 8.20. The first-order valence-corrected chi connectivity index (χ1v) is 6.17. The number of hydrazone groups is 1. The van der Waals surface area contributed by atoms with Crippen LogP contribution in [0, 0.1) is 0 Å². The second-order valence-electron chi connectivity index (χ2n) is 3.76. The average molecular weight is 250 g/mol. The van der Waals surface area contributed by atoms with Crippen molar-refractivity contribution in [1.82, 2.24) is 0 Å². The van der Waals surface area contributed by atoms with Crippen LogP contribution >= 0.6 is 11.8 Å². The third-order valence-corrected chi connectivity index (χ3v) is 3.71. The van der Waals surface area contributed by atoms with Crippen LogP contribution in [0.1, 0.15) is 12.0 Å². The zero-order chi connectivity index (χ0) is 12.3. The van der Waals surface area contributed by atoms with E-state index in [1.165, 1.54) is 11.8 Å². The third-order valence-electron chi connectivity index (χ3n) is 2.63. The van der Waals surface area contributed by atoms with Crippen LogP contribution < -0.4 is 16.9 Å². The molecule has 1 atom stereocenters. The average Bonchev–Trinajstić information content (AvgIpc) is 2.49. The van der Waals surface area contributed by atoms with Gasteiger partial charge in [-0.05, 0) is 24.5 Å². The molecule has 1 aliphatic rings. The van der Waals surface area contributed by atoms with E-state index >= 15 is 0 Å². The maximum atomic E-state index is 11.9. The Morgan fingerprint density at radius 2 is 2.24 bits per heavy atom. The topological polar surface area (TPSA) is 93.5 Å². The van der Waals surface area contributed by atoms with Crippen LogP contribution in [0.25, 0.3) is 0 Å². The summed E-state index contributed by atoms with van der Waals surface area (Å²) in [7, 11) is 0. The largest absolute Gasteiger partial charge is 0.377 e. The Bertz CT molecular complexity index is 461. The predicted molar refractivity (Wildman–Crippen MR) is 70.6 cm³/mol. The number of benzene rings is 1. The van der Waals surface area contributed by atoms with Crippen molar-refractivity contribution in [1.29, 1.82) is 0 Å². The highest BCUT2D eigenvalue weighted by atomic mass is 32.2. The van der Waals surface area contributed by atoms with Crippen LogP contribution in [0.3, 0.4) is 0 Å². The van der Waals surface area contributed by atoms with Gasteiger partial charge in [-0.1, -0.05) is 30.0 Å². The molecular formula is C11H14N4OS. The van der Waals surface area contributed by atoms with Crippen molar-refractivity contribution in [2.24, 2.45) is 16.7 Å². The second-order valence-corrected chi connectivity index (χ2v) is 4.98. The number of hydrogen-bond acceptors (Lipinski definition) is 4. The van der Waals surface area contributed by atoms with Gasteiger partial charge in [0.25, 0.3) is 0 Å². The lowest BCUT2D eigenvalue weighted by Crippen LogP contribution is -2.27. The quantitative estimate of drug-likeness (QED) is 0.298. The monoisotopic (exact) mass is 250 g/mol. The van der Waals surface area contributed by atoms with Gasteiger partial charge in [-0.25, -0.2) is 0 Å². The summed E-state index contributed by atoms with van der Waals surface area (Å²) in [6.07, 6.45) is 1.56. The van der Waals surface area contributed by atoms with Crippen LogP contribution in [0.5, 0.6) is 0 Å². The van der Waals surface area contributed by atoms with E-state index in [1.807, 2.05) is 24.3 Å². The summed E-state index contributed by atoms with van der Waals surface area (Å²) in [4.78, 5) is 11.9. The van der Waals surface area contributed by atoms with Crippen LogP contribution in [-0.2, 0) is 11.2 Å². The molecule has 0 saturated heterocycles. The predicted octanol–water partition coefficient (Wildman–Crippen LogP) is 0.861. The first-order valence-electron chi connectivity index (χ1n) is 5.29. The van der Waals surface area contributed by atoms with Crippen LogP contribution in [0.4, 0.5) is 5.69 Å². The lowest BCUT2D eigenvalue weighted by Gasteiger charge is -2.11. The molecule has 0 fully saturated rings. The zero-order valence-corrected chi connectivity index (χ0v) is 10.0. The number of nitrogens with two attached hydrogens (primary N) is 2. The number of nitrogens with one attached hydrogen (secondary N) is 1. The van der Waals surface area contributed by atoms with E-state index in [2.05, 4.69) is 10.4 Å². The minimum Gasteiger partial charge on any atom is -0.377 e. The van der Waals surface area contributed by atoms with Crippen molar-refractivity contribution in [3.05, 3.63) is 29.8 Å². The fourth-order valence-electron chi connectivity index (χ4n) is 1.78. The van der Waals surface area contributed by atoms with Crippen molar-refractivity contribution in [2.45, 2.75) is 18.1 Å². The molecule has 17 heavy (non-hydrogen) atoms. The number of hydrogen-bond donors (Lipinski definition) is 3. The van der Waals surface area contributed by atoms with Gasteiger partial charge in [0.1, 0.15) is 0 Å². The number of amides is 1. The molecule has 1 aromatic rings. The molecule has 5 N–H and O–H groups in total. The summed E-state index contributed by atoms with van der Waals surface area (Å²) in [6, 6.07) is 7.79. The highest BCUT2D eigenvalue weighted by Gasteiger charge is 2.24. The number of nitrogens with zero attached hydrogens (tertiary/aromatic N) is 1. The number of amidine groups is 1.